The number of likely N-dealkylation sites (tertiary alicyclic amines) is 1. The van der Waals surface area contributed by atoms with Gasteiger partial charge in [0.15, 0.2) is 5.96 Å². The first-order chi connectivity index (χ1) is 15.2. The summed E-state index contributed by atoms with van der Waals surface area (Å²) in [6, 6.07) is 15.9. The number of halogens is 1. The van der Waals surface area contributed by atoms with Gasteiger partial charge in [-0.25, -0.2) is 0 Å². The number of carbonyl (C=O) groups is 1. The molecule has 1 amide bonds. The van der Waals surface area contributed by atoms with Gasteiger partial charge in [0.1, 0.15) is 11.3 Å². The predicted octanol–water partition coefficient (Wildman–Crippen LogP) is 4.85. The quantitative estimate of drug-likeness (QED) is 0.273. The summed E-state index contributed by atoms with van der Waals surface area (Å²) in [4.78, 5) is 18.9. The van der Waals surface area contributed by atoms with Crippen LogP contribution in [0.1, 0.15) is 46.5 Å². The lowest BCUT2D eigenvalue weighted by Gasteiger charge is -2.26. The maximum Gasteiger partial charge on any atom is 0.253 e. The smallest absolute Gasteiger partial charge is 0.253 e. The number of nitrogens with zero attached hydrogens (tertiary/aromatic N) is 2. The van der Waals surface area contributed by atoms with Crippen LogP contribution in [-0.4, -0.2) is 36.9 Å². The van der Waals surface area contributed by atoms with Crippen LogP contribution in [0.3, 0.4) is 0 Å². The lowest BCUT2D eigenvalue weighted by atomic mass is 10.1. The summed E-state index contributed by atoms with van der Waals surface area (Å²) in [7, 11) is 1.75. The van der Waals surface area contributed by atoms with E-state index in [0.29, 0.717) is 19.0 Å². The summed E-state index contributed by atoms with van der Waals surface area (Å²) < 4.78 is 5.96. The number of piperidine rings is 1. The lowest BCUT2D eigenvalue weighted by molar-refractivity contribution is 0.0724. The van der Waals surface area contributed by atoms with Crippen LogP contribution < -0.4 is 10.6 Å². The molecule has 0 saturated carbocycles. The molecule has 3 aromatic rings. The Kier molecular flexibility index (Phi) is 8.55. The molecule has 1 saturated heterocycles. The fraction of sp³-hybridized carbons (Fsp3) is 0.360. The second kappa shape index (κ2) is 11.4. The third kappa shape index (κ3) is 5.62. The van der Waals surface area contributed by atoms with Crippen LogP contribution in [0, 0.1) is 6.92 Å². The van der Waals surface area contributed by atoms with E-state index in [2.05, 4.69) is 28.6 Å². The molecule has 0 spiro atoms. The third-order valence-corrected chi connectivity index (χ3v) is 5.89. The molecule has 0 unspecified atom stereocenters. The van der Waals surface area contributed by atoms with Crippen molar-refractivity contribution in [3.05, 3.63) is 71.0 Å². The number of furan rings is 1. The number of aryl methyl sites for hydroxylation is 1. The van der Waals surface area contributed by atoms with Crippen LogP contribution >= 0.6 is 24.0 Å². The van der Waals surface area contributed by atoms with E-state index in [9.17, 15) is 4.79 Å². The maximum absolute atomic E-state index is 12.6. The summed E-state index contributed by atoms with van der Waals surface area (Å²) in [5.41, 5.74) is 3.90. The summed E-state index contributed by atoms with van der Waals surface area (Å²) in [5, 5.41) is 7.78. The van der Waals surface area contributed by atoms with Crippen LogP contribution in [0.5, 0.6) is 0 Å². The number of benzene rings is 2. The summed E-state index contributed by atoms with van der Waals surface area (Å²) in [6.45, 7) is 5.00. The molecule has 4 rings (SSSR count). The van der Waals surface area contributed by atoms with Crippen LogP contribution in [0.2, 0.25) is 0 Å². The number of hydrogen-bond donors (Lipinski definition) is 2. The highest BCUT2D eigenvalue weighted by Gasteiger charge is 2.18. The molecule has 1 fully saturated rings. The number of hydrogen-bond acceptors (Lipinski definition) is 3. The Hall–Kier alpha value is -2.55. The fourth-order valence-electron chi connectivity index (χ4n) is 4.01. The van der Waals surface area contributed by atoms with Crippen LogP contribution in [-0.2, 0) is 13.1 Å². The first-order valence-electron chi connectivity index (χ1n) is 11.0. The summed E-state index contributed by atoms with van der Waals surface area (Å²) >= 11 is 0. The van der Waals surface area contributed by atoms with E-state index in [0.717, 1.165) is 59.4 Å². The topological polar surface area (TPSA) is 69.9 Å². The number of aliphatic imine (C=N–C) groups is 1. The maximum atomic E-state index is 12.6. The molecule has 0 aliphatic carbocycles. The zero-order valence-corrected chi connectivity index (χ0v) is 21.0. The van der Waals surface area contributed by atoms with Crippen molar-refractivity contribution in [2.75, 3.05) is 20.1 Å². The van der Waals surface area contributed by atoms with Crippen molar-refractivity contribution in [1.82, 2.24) is 15.5 Å². The lowest BCUT2D eigenvalue weighted by Crippen LogP contribution is -2.36. The number of amides is 1. The van der Waals surface area contributed by atoms with Crippen molar-refractivity contribution in [3.8, 4) is 0 Å². The Morgan fingerprint density at radius 3 is 2.38 bits per heavy atom. The average molecular weight is 546 g/mol. The molecule has 2 N–H and O–H groups in total. The van der Waals surface area contributed by atoms with E-state index >= 15 is 0 Å². The minimum atomic E-state index is 0. The standard InChI is InChI=1S/C25H30N4O2.HI/c1-18-21-8-4-5-9-22(21)31-23(18)17-28-25(26-2)27-16-19-10-12-20(13-11-19)24(30)29-14-6-3-7-15-29;/h4-5,8-13H,3,6-7,14-17H2,1-2H3,(H2,26,27,28);1H. The van der Waals surface area contributed by atoms with Gasteiger partial charge in [-0.2, -0.15) is 0 Å². The molecule has 2 aromatic carbocycles. The van der Waals surface area contributed by atoms with Crippen molar-refractivity contribution in [1.29, 1.82) is 0 Å². The van der Waals surface area contributed by atoms with Crippen LogP contribution in [0.15, 0.2) is 57.9 Å². The molecular formula is C25H31IN4O2. The van der Waals surface area contributed by atoms with Crippen LogP contribution in [0.4, 0.5) is 0 Å². The zero-order valence-electron chi connectivity index (χ0n) is 18.7. The predicted molar refractivity (Wildman–Crippen MR) is 140 cm³/mol. The second-order valence-corrected chi connectivity index (χ2v) is 7.98. The van der Waals surface area contributed by atoms with Crippen LogP contribution in [0.25, 0.3) is 11.0 Å². The highest BCUT2D eigenvalue weighted by molar-refractivity contribution is 14.0. The molecule has 6 nitrogen and oxygen atoms in total. The SMILES string of the molecule is CN=C(NCc1ccc(C(=O)N2CCCCC2)cc1)NCc1oc2ccccc2c1C.I. The second-order valence-electron chi connectivity index (χ2n) is 7.98. The van der Waals surface area contributed by atoms with E-state index in [1.807, 2.05) is 47.4 Å². The Bertz CT molecular complexity index is 1070. The summed E-state index contributed by atoms with van der Waals surface area (Å²) in [6.07, 6.45) is 3.43. The van der Waals surface area contributed by atoms with Gasteiger partial charge in [-0.1, -0.05) is 30.3 Å². The number of carbonyl (C=O) groups excluding carboxylic acids is 1. The molecule has 2 heterocycles. The number of nitrogens with one attached hydrogen (secondary N) is 2. The van der Waals surface area contributed by atoms with Gasteiger partial charge in [-0.15, -0.1) is 24.0 Å². The normalized spacial score (nSPS) is 14.2. The van der Waals surface area contributed by atoms with Crippen molar-refractivity contribution < 1.29 is 9.21 Å². The van der Waals surface area contributed by atoms with Gasteiger partial charge in [-0.05, 0) is 49.9 Å². The van der Waals surface area contributed by atoms with E-state index < -0.39 is 0 Å². The van der Waals surface area contributed by atoms with E-state index in [1.165, 1.54) is 6.42 Å². The van der Waals surface area contributed by atoms with Gasteiger partial charge < -0.3 is 20.0 Å². The highest BCUT2D eigenvalue weighted by Crippen LogP contribution is 2.24. The van der Waals surface area contributed by atoms with Crippen molar-refractivity contribution in [2.24, 2.45) is 4.99 Å². The molecule has 0 bridgehead atoms. The first kappa shape index (κ1) is 24.1. The molecule has 0 radical (unpaired) electrons. The number of guanidine groups is 1. The molecular weight excluding hydrogens is 515 g/mol. The number of para-hydroxylation sites is 1. The Morgan fingerprint density at radius 1 is 1.00 bits per heavy atom. The minimum absolute atomic E-state index is 0. The molecule has 7 heteroatoms. The van der Waals surface area contributed by atoms with Gasteiger partial charge in [0.2, 0.25) is 0 Å². The van der Waals surface area contributed by atoms with E-state index in [1.54, 1.807) is 7.05 Å². The zero-order chi connectivity index (χ0) is 21.6. The molecule has 32 heavy (non-hydrogen) atoms. The van der Waals surface area contributed by atoms with Gasteiger partial charge in [0, 0.05) is 43.2 Å². The third-order valence-electron chi connectivity index (χ3n) is 5.89. The Balaban J connectivity index is 0.00000289. The molecule has 1 aromatic heterocycles. The monoisotopic (exact) mass is 546 g/mol. The van der Waals surface area contributed by atoms with Crippen molar-refractivity contribution in [2.45, 2.75) is 39.3 Å². The van der Waals surface area contributed by atoms with Crippen molar-refractivity contribution in [3.63, 3.8) is 0 Å². The van der Waals surface area contributed by atoms with E-state index in [-0.39, 0.29) is 29.9 Å². The van der Waals surface area contributed by atoms with Gasteiger partial charge in [-0.3, -0.25) is 9.79 Å². The van der Waals surface area contributed by atoms with Gasteiger partial charge >= 0.3 is 0 Å². The van der Waals surface area contributed by atoms with Gasteiger partial charge in [0.05, 0.1) is 6.54 Å². The Labute approximate surface area is 206 Å². The van der Waals surface area contributed by atoms with Crippen molar-refractivity contribution >= 4 is 46.8 Å². The average Bonchev–Trinajstić information content (AvgIpc) is 3.15. The number of fused-ring (bicyclic) bond motifs is 1. The minimum Gasteiger partial charge on any atom is -0.459 e. The molecule has 0 atom stereocenters. The first-order valence-corrected chi connectivity index (χ1v) is 11.0. The molecule has 1 aliphatic heterocycles. The molecule has 1 aliphatic rings. The van der Waals surface area contributed by atoms with E-state index in [4.69, 9.17) is 4.42 Å². The highest BCUT2D eigenvalue weighted by atomic mass is 127. The Morgan fingerprint density at radius 2 is 1.69 bits per heavy atom. The largest absolute Gasteiger partial charge is 0.459 e. The molecule has 170 valence electrons. The number of rotatable bonds is 5. The summed E-state index contributed by atoms with van der Waals surface area (Å²) in [5.74, 6) is 1.75. The van der Waals surface area contributed by atoms with Gasteiger partial charge in [0.25, 0.3) is 5.91 Å². The fourth-order valence-corrected chi connectivity index (χ4v) is 4.01.